The molecule has 1 unspecified atom stereocenters. The van der Waals surface area contributed by atoms with E-state index < -0.39 is 5.60 Å². The van der Waals surface area contributed by atoms with E-state index >= 15 is 0 Å². The lowest BCUT2D eigenvalue weighted by Crippen LogP contribution is -2.39. The zero-order chi connectivity index (χ0) is 17.3. The number of fused-ring (bicyclic) bond motifs is 1. The highest BCUT2D eigenvalue weighted by atomic mass is 79.9. The van der Waals surface area contributed by atoms with Gasteiger partial charge in [0.15, 0.2) is 0 Å². The normalized spacial score (nSPS) is 19.3. The van der Waals surface area contributed by atoms with Crippen molar-refractivity contribution in [3.05, 3.63) is 29.0 Å². The van der Waals surface area contributed by atoms with Crippen LogP contribution in [0.1, 0.15) is 46.1 Å². The Balaban J connectivity index is 1.84. The zero-order valence-electron chi connectivity index (χ0n) is 14.5. The summed E-state index contributed by atoms with van der Waals surface area (Å²) in [6, 6.07) is 6.32. The van der Waals surface area contributed by atoms with Gasteiger partial charge in [0, 0.05) is 17.6 Å². The lowest BCUT2D eigenvalue weighted by atomic mass is 10.1. The Hall–Kier alpha value is -1.56. The molecular weight excluding hydrogens is 370 g/mol. The quantitative estimate of drug-likeness (QED) is 0.701. The highest BCUT2D eigenvalue weighted by Gasteiger charge is 2.27. The van der Waals surface area contributed by atoms with E-state index in [2.05, 4.69) is 31.5 Å². The maximum Gasteiger partial charge on any atom is 0.410 e. The third kappa shape index (κ3) is 3.91. The van der Waals surface area contributed by atoms with Crippen molar-refractivity contribution in [1.82, 2.24) is 14.5 Å². The molecule has 1 aromatic carbocycles. The molecule has 1 saturated heterocycles. The minimum atomic E-state index is -0.467. The van der Waals surface area contributed by atoms with Crippen molar-refractivity contribution in [2.75, 3.05) is 13.1 Å². The fourth-order valence-corrected chi connectivity index (χ4v) is 3.48. The number of rotatable bonds is 1. The van der Waals surface area contributed by atoms with E-state index in [4.69, 9.17) is 4.74 Å². The van der Waals surface area contributed by atoms with Gasteiger partial charge in [-0.1, -0.05) is 15.9 Å². The highest BCUT2D eigenvalue weighted by Crippen LogP contribution is 2.27. The molecule has 1 amide bonds. The van der Waals surface area contributed by atoms with Crippen molar-refractivity contribution in [1.29, 1.82) is 0 Å². The Bertz CT molecular complexity index is 735. The molecule has 1 fully saturated rings. The van der Waals surface area contributed by atoms with E-state index in [0.29, 0.717) is 6.54 Å². The number of likely N-dealkylation sites (tertiary alicyclic amines) is 1. The largest absolute Gasteiger partial charge is 0.444 e. The van der Waals surface area contributed by atoms with Gasteiger partial charge in [0.2, 0.25) is 0 Å². The Morgan fingerprint density at radius 1 is 1.33 bits per heavy atom. The average Bonchev–Trinajstić information content (AvgIpc) is 2.74. The van der Waals surface area contributed by atoms with Crippen molar-refractivity contribution >= 4 is 33.1 Å². The molecule has 0 spiro atoms. The van der Waals surface area contributed by atoms with E-state index in [1.165, 1.54) is 0 Å². The van der Waals surface area contributed by atoms with Gasteiger partial charge < -0.3 is 14.2 Å². The summed E-state index contributed by atoms with van der Waals surface area (Å²) in [5.41, 5.74) is 1.61. The lowest BCUT2D eigenvalue weighted by Gasteiger charge is -2.29. The van der Waals surface area contributed by atoms with Gasteiger partial charge >= 0.3 is 6.09 Å². The summed E-state index contributed by atoms with van der Waals surface area (Å²) < 4.78 is 8.79. The first kappa shape index (κ1) is 17.3. The molecule has 2 heterocycles. The summed E-state index contributed by atoms with van der Waals surface area (Å²) in [5, 5.41) is 0. The zero-order valence-corrected chi connectivity index (χ0v) is 16.0. The van der Waals surface area contributed by atoms with Crippen LogP contribution in [-0.2, 0) is 4.74 Å². The van der Waals surface area contributed by atoms with E-state index in [9.17, 15) is 4.79 Å². The number of carbonyl (C=O) groups excluding carboxylic acids is 1. The summed E-state index contributed by atoms with van der Waals surface area (Å²) >= 11 is 3.53. The molecule has 1 atom stereocenters. The van der Waals surface area contributed by atoms with Crippen molar-refractivity contribution in [2.24, 2.45) is 0 Å². The number of ether oxygens (including phenoxy) is 1. The topological polar surface area (TPSA) is 47.4 Å². The molecule has 0 bridgehead atoms. The fraction of sp³-hybridized carbons (Fsp3) is 0.556. The molecule has 0 aliphatic carbocycles. The molecule has 1 aromatic heterocycles. The maximum absolute atomic E-state index is 12.5. The van der Waals surface area contributed by atoms with Gasteiger partial charge in [-0.25, -0.2) is 9.78 Å². The summed E-state index contributed by atoms with van der Waals surface area (Å²) in [4.78, 5) is 18.8. The fourth-order valence-electron chi connectivity index (χ4n) is 3.13. The van der Waals surface area contributed by atoms with Crippen molar-refractivity contribution in [3.63, 3.8) is 0 Å². The molecule has 2 aromatic rings. The van der Waals surface area contributed by atoms with E-state index in [1.54, 1.807) is 0 Å². The molecule has 5 nitrogen and oxygen atoms in total. The van der Waals surface area contributed by atoms with Gasteiger partial charge in [-0.3, -0.25) is 0 Å². The van der Waals surface area contributed by atoms with Gasteiger partial charge in [-0.05, 0) is 58.2 Å². The second-order valence-corrected chi connectivity index (χ2v) is 8.28. The monoisotopic (exact) mass is 393 g/mol. The number of benzene rings is 1. The number of halogens is 1. The van der Waals surface area contributed by atoms with Gasteiger partial charge in [0.1, 0.15) is 5.60 Å². The van der Waals surface area contributed by atoms with Gasteiger partial charge in [0.25, 0.3) is 0 Å². The molecule has 0 N–H and O–H groups in total. The highest BCUT2D eigenvalue weighted by molar-refractivity contribution is 9.10. The van der Waals surface area contributed by atoms with Crippen LogP contribution in [0.4, 0.5) is 4.79 Å². The number of hydrogen-bond donors (Lipinski definition) is 0. The van der Waals surface area contributed by atoms with Crippen molar-refractivity contribution in [3.8, 4) is 0 Å². The molecule has 1 aliphatic heterocycles. The van der Waals surface area contributed by atoms with Gasteiger partial charge in [-0.15, -0.1) is 0 Å². The molecule has 130 valence electrons. The number of carbonyl (C=O) groups is 1. The van der Waals surface area contributed by atoms with Crippen LogP contribution < -0.4 is 0 Å². The number of amides is 1. The minimum Gasteiger partial charge on any atom is -0.444 e. The van der Waals surface area contributed by atoms with Gasteiger partial charge in [-0.2, -0.15) is 0 Å². The summed E-state index contributed by atoms with van der Waals surface area (Å²) in [6.07, 6.45) is 4.81. The van der Waals surface area contributed by atoms with Crippen molar-refractivity contribution < 1.29 is 9.53 Å². The molecule has 0 radical (unpaired) electrons. The summed E-state index contributed by atoms with van der Waals surface area (Å²) in [7, 11) is 0. The number of imidazole rings is 1. The first-order chi connectivity index (χ1) is 11.3. The van der Waals surface area contributed by atoms with Crippen LogP contribution in [0.3, 0.4) is 0 Å². The molecular formula is C18H24BrN3O2. The van der Waals surface area contributed by atoms with E-state index in [0.717, 1.165) is 41.3 Å². The van der Waals surface area contributed by atoms with Crippen LogP contribution in [-0.4, -0.2) is 39.2 Å². The molecule has 6 heteroatoms. The Labute approximate surface area is 151 Å². The average molecular weight is 394 g/mol. The first-order valence-corrected chi connectivity index (χ1v) is 9.23. The predicted octanol–water partition coefficient (Wildman–Crippen LogP) is 4.76. The standard InChI is InChI=1S/C18H24BrN3O2/c1-18(2,3)24-17(23)21-9-5-4-6-14(11-21)22-12-20-15-8-7-13(19)10-16(15)22/h7-8,10,12,14H,4-6,9,11H2,1-3H3. The Morgan fingerprint density at radius 3 is 2.88 bits per heavy atom. The second-order valence-electron chi connectivity index (χ2n) is 7.36. The SMILES string of the molecule is CC(C)(C)OC(=O)N1CCCCC(n2cnc3ccc(Br)cc32)C1. The first-order valence-electron chi connectivity index (χ1n) is 8.43. The van der Waals surface area contributed by atoms with Crippen LogP contribution in [0.2, 0.25) is 0 Å². The number of aromatic nitrogens is 2. The molecule has 24 heavy (non-hydrogen) atoms. The smallest absolute Gasteiger partial charge is 0.410 e. The summed E-state index contributed by atoms with van der Waals surface area (Å²) in [6.45, 7) is 7.12. The Morgan fingerprint density at radius 2 is 2.12 bits per heavy atom. The lowest BCUT2D eigenvalue weighted by molar-refractivity contribution is 0.0238. The summed E-state index contributed by atoms with van der Waals surface area (Å²) in [5.74, 6) is 0. The van der Waals surface area contributed by atoms with Crippen LogP contribution in [0, 0.1) is 0 Å². The second kappa shape index (κ2) is 6.75. The third-order valence-corrected chi connectivity index (χ3v) is 4.72. The predicted molar refractivity (Wildman–Crippen MR) is 98.1 cm³/mol. The molecule has 0 saturated carbocycles. The number of hydrogen-bond acceptors (Lipinski definition) is 3. The Kier molecular flexibility index (Phi) is 4.85. The third-order valence-electron chi connectivity index (χ3n) is 4.23. The molecule has 1 aliphatic rings. The van der Waals surface area contributed by atoms with E-state index in [1.807, 2.05) is 44.1 Å². The van der Waals surface area contributed by atoms with Crippen LogP contribution in [0.5, 0.6) is 0 Å². The van der Waals surface area contributed by atoms with Crippen LogP contribution >= 0.6 is 15.9 Å². The number of nitrogens with zero attached hydrogens (tertiary/aromatic N) is 3. The minimum absolute atomic E-state index is 0.222. The maximum atomic E-state index is 12.5. The van der Waals surface area contributed by atoms with E-state index in [-0.39, 0.29) is 12.1 Å². The van der Waals surface area contributed by atoms with Crippen molar-refractivity contribution in [2.45, 2.75) is 51.7 Å². The van der Waals surface area contributed by atoms with Crippen LogP contribution in [0.25, 0.3) is 11.0 Å². The van der Waals surface area contributed by atoms with Crippen LogP contribution in [0.15, 0.2) is 29.0 Å². The molecule has 3 rings (SSSR count). The van der Waals surface area contributed by atoms with Gasteiger partial charge in [0.05, 0.1) is 23.4 Å².